The Morgan fingerprint density at radius 1 is 1.20 bits per heavy atom. The van der Waals surface area contributed by atoms with Gasteiger partial charge in [-0.2, -0.15) is 17.0 Å². The minimum absolute atomic E-state index is 0.390. The van der Waals surface area contributed by atoms with Crippen LogP contribution in [0.2, 0.25) is 0 Å². The molecule has 2 saturated heterocycles. The van der Waals surface area contributed by atoms with Crippen LogP contribution in [0.3, 0.4) is 0 Å². The van der Waals surface area contributed by atoms with Crippen LogP contribution in [0.1, 0.15) is 12.8 Å². The first-order valence-electron chi connectivity index (χ1n) is 4.94. The van der Waals surface area contributed by atoms with Gasteiger partial charge in [0.1, 0.15) is 0 Å². The molecule has 0 atom stereocenters. The quantitative estimate of drug-likeness (QED) is 0.643. The highest BCUT2D eigenvalue weighted by atomic mass is 32.2. The van der Waals surface area contributed by atoms with Crippen molar-refractivity contribution in [3.8, 4) is 0 Å². The normalized spacial score (nSPS) is 23.5. The van der Waals surface area contributed by atoms with E-state index in [0.29, 0.717) is 26.2 Å². The third kappa shape index (κ3) is 1.91. The third-order valence-electron chi connectivity index (χ3n) is 2.72. The van der Waals surface area contributed by atoms with E-state index in [1.807, 2.05) is 0 Å². The van der Waals surface area contributed by atoms with Crippen molar-refractivity contribution in [3.05, 3.63) is 23.2 Å². The zero-order valence-electron chi connectivity index (χ0n) is 8.39. The highest BCUT2D eigenvalue weighted by Gasteiger charge is 2.36. The maximum Gasteiger partial charge on any atom is 0.282 e. The van der Waals surface area contributed by atoms with E-state index in [9.17, 15) is 8.42 Å². The molecule has 2 aliphatic heterocycles. The van der Waals surface area contributed by atoms with Crippen molar-refractivity contribution in [3.63, 3.8) is 0 Å². The van der Waals surface area contributed by atoms with Crippen LogP contribution < -0.4 is 0 Å². The van der Waals surface area contributed by atoms with E-state index in [4.69, 9.17) is 6.57 Å². The molecule has 2 aliphatic rings. The van der Waals surface area contributed by atoms with Gasteiger partial charge in [0.15, 0.2) is 6.20 Å². The van der Waals surface area contributed by atoms with Gasteiger partial charge < -0.3 is 0 Å². The Hall–Kier alpha value is -0.900. The average molecular weight is 227 g/mol. The van der Waals surface area contributed by atoms with E-state index in [2.05, 4.69) is 4.85 Å². The lowest BCUT2D eigenvalue weighted by atomic mass is 10.2. The number of hydrogen-bond acceptors (Lipinski definition) is 2. The Morgan fingerprint density at radius 2 is 1.80 bits per heavy atom. The summed E-state index contributed by atoms with van der Waals surface area (Å²) in [7, 11) is -3.23. The maximum absolute atomic E-state index is 11.9. The lowest BCUT2D eigenvalue weighted by molar-refractivity contribution is 0.344. The van der Waals surface area contributed by atoms with Crippen LogP contribution >= 0.6 is 0 Å². The molecule has 0 radical (unpaired) electrons. The topological polar surface area (TPSA) is 45.0 Å². The second-order valence-electron chi connectivity index (χ2n) is 3.80. The van der Waals surface area contributed by atoms with Crippen LogP contribution in [0.15, 0.2) is 11.8 Å². The second kappa shape index (κ2) is 3.93. The summed E-state index contributed by atoms with van der Waals surface area (Å²) in [5.41, 5.74) is 0.896. The van der Waals surface area contributed by atoms with Crippen molar-refractivity contribution in [2.75, 3.05) is 26.2 Å². The zero-order chi connectivity index (χ0) is 10.9. The molecule has 0 bridgehead atoms. The van der Waals surface area contributed by atoms with Gasteiger partial charge in [-0.15, -0.1) is 0 Å². The van der Waals surface area contributed by atoms with Gasteiger partial charge in [0, 0.05) is 26.2 Å². The predicted molar refractivity (Wildman–Crippen MR) is 56.0 cm³/mol. The molecule has 2 fully saturated rings. The molecule has 0 saturated carbocycles. The largest absolute Gasteiger partial charge is 0.282 e. The van der Waals surface area contributed by atoms with Crippen LogP contribution in [0, 0.1) is 6.57 Å². The average Bonchev–Trinajstić information content (AvgIpc) is 2.62. The molecule has 0 aromatic carbocycles. The molecule has 0 unspecified atom stereocenters. The summed E-state index contributed by atoms with van der Waals surface area (Å²) in [6, 6.07) is 0. The van der Waals surface area contributed by atoms with Crippen LogP contribution in [0.25, 0.3) is 4.85 Å². The van der Waals surface area contributed by atoms with Gasteiger partial charge in [0.05, 0.1) is 6.57 Å². The zero-order valence-corrected chi connectivity index (χ0v) is 9.20. The lowest BCUT2D eigenvalue weighted by Crippen LogP contribution is -2.50. The summed E-state index contributed by atoms with van der Waals surface area (Å²) < 4.78 is 26.8. The molecule has 5 nitrogen and oxygen atoms in total. The molecule has 82 valence electrons. The molecule has 0 aromatic heterocycles. The van der Waals surface area contributed by atoms with Crippen LogP contribution in [-0.2, 0) is 10.2 Å². The van der Waals surface area contributed by atoms with Crippen LogP contribution in [0.4, 0.5) is 0 Å². The first-order valence-corrected chi connectivity index (χ1v) is 6.34. The van der Waals surface area contributed by atoms with Gasteiger partial charge in [0.2, 0.25) is 0 Å². The highest BCUT2D eigenvalue weighted by Crippen LogP contribution is 2.24. The number of rotatable bonds is 2. The monoisotopic (exact) mass is 227 g/mol. The van der Waals surface area contributed by atoms with E-state index in [0.717, 1.165) is 18.4 Å². The Labute approximate surface area is 90.0 Å². The predicted octanol–water partition coefficient (Wildman–Crippen LogP) is 0.446. The number of nitrogens with zero attached hydrogens (tertiary/aromatic N) is 3. The molecule has 0 N–H and O–H groups in total. The van der Waals surface area contributed by atoms with E-state index < -0.39 is 10.2 Å². The summed E-state index contributed by atoms with van der Waals surface area (Å²) in [5.74, 6) is 0. The molecule has 0 aromatic rings. The standard InChI is InChI=1S/C9H13N3O2S/c1-10-6-9-7-12(8-9)15(13,14)11-4-2-3-5-11/h6H,2-5,7-8H2. The van der Waals surface area contributed by atoms with Gasteiger partial charge in [-0.1, -0.05) is 0 Å². The SMILES string of the molecule is [C-]#[N+]C=C1CN(S(=O)(=O)N2CCCC2)C1. The fraction of sp³-hybridized carbons (Fsp3) is 0.667. The van der Waals surface area contributed by atoms with Gasteiger partial charge in [-0.05, 0) is 18.4 Å². The maximum atomic E-state index is 11.9. The van der Waals surface area contributed by atoms with Gasteiger partial charge in [0.25, 0.3) is 10.2 Å². The van der Waals surface area contributed by atoms with E-state index in [-0.39, 0.29) is 0 Å². The Morgan fingerprint density at radius 3 is 2.33 bits per heavy atom. The minimum Gasteiger partial charge on any atom is -0.246 e. The van der Waals surface area contributed by atoms with Crippen molar-refractivity contribution in [1.29, 1.82) is 0 Å². The summed E-state index contributed by atoms with van der Waals surface area (Å²) in [6.45, 7) is 8.69. The van der Waals surface area contributed by atoms with Crippen molar-refractivity contribution >= 4 is 10.2 Å². The van der Waals surface area contributed by atoms with E-state index >= 15 is 0 Å². The van der Waals surface area contributed by atoms with E-state index in [1.54, 1.807) is 0 Å². The third-order valence-corrected chi connectivity index (χ3v) is 4.65. The fourth-order valence-electron chi connectivity index (χ4n) is 1.82. The van der Waals surface area contributed by atoms with Crippen LogP contribution in [0.5, 0.6) is 0 Å². The van der Waals surface area contributed by atoms with Crippen LogP contribution in [-0.4, -0.2) is 43.2 Å². The van der Waals surface area contributed by atoms with Crippen molar-refractivity contribution in [2.45, 2.75) is 12.8 Å². The molecule has 0 spiro atoms. The molecular formula is C9H13N3O2S. The first kappa shape index (κ1) is 10.6. The second-order valence-corrected chi connectivity index (χ2v) is 5.73. The Bertz CT molecular complexity index is 407. The summed E-state index contributed by atoms with van der Waals surface area (Å²) in [6.07, 6.45) is 3.33. The van der Waals surface area contributed by atoms with Crippen molar-refractivity contribution < 1.29 is 8.42 Å². The Balaban J connectivity index is 2.01. The van der Waals surface area contributed by atoms with Gasteiger partial charge in [-0.3, -0.25) is 0 Å². The highest BCUT2D eigenvalue weighted by molar-refractivity contribution is 7.86. The molecule has 6 heteroatoms. The summed E-state index contributed by atoms with van der Waals surface area (Å²) in [4.78, 5) is 3.12. The first-order chi connectivity index (χ1) is 7.14. The van der Waals surface area contributed by atoms with Gasteiger partial charge >= 0.3 is 0 Å². The molecule has 2 rings (SSSR count). The van der Waals surface area contributed by atoms with Gasteiger partial charge in [-0.25, -0.2) is 4.85 Å². The summed E-state index contributed by atoms with van der Waals surface area (Å²) in [5, 5.41) is 0. The smallest absolute Gasteiger partial charge is 0.246 e. The lowest BCUT2D eigenvalue weighted by Gasteiger charge is -2.35. The Kier molecular flexibility index (Phi) is 2.78. The molecule has 2 heterocycles. The fourth-order valence-corrected chi connectivity index (χ4v) is 3.53. The van der Waals surface area contributed by atoms with E-state index in [1.165, 1.54) is 14.8 Å². The van der Waals surface area contributed by atoms with Crippen molar-refractivity contribution in [1.82, 2.24) is 8.61 Å². The summed E-state index contributed by atoms with van der Waals surface area (Å²) >= 11 is 0. The molecule has 15 heavy (non-hydrogen) atoms. The molecule has 0 aliphatic carbocycles. The minimum atomic E-state index is -3.23. The molecular weight excluding hydrogens is 214 g/mol. The van der Waals surface area contributed by atoms with Crippen molar-refractivity contribution in [2.24, 2.45) is 0 Å². The number of hydrogen-bond donors (Lipinski definition) is 0. The molecule has 0 amide bonds.